The lowest BCUT2D eigenvalue weighted by Crippen LogP contribution is -2.12. The first kappa shape index (κ1) is 12.8. The van der Waals surface area contributed by atoms with Crippen LogP contribution in [0.2, 0.25) is 0 Å². The van der Waals surface area contributed by atoms with Crippen molar-refractivity contribution >= 4 is 21.1 Å². The van der Waals surface area contributed by atoms with Gasteiger partial charge in [-0.15, -0.1) is 0 Å². The van der Waals surface area contributed by atoms with Gasteiger partial charge in [0.05, 0.1) is 4.90 Å². The molecule has 0 saturated heterocycles. The second-order valence-electron chi connectivity index (χ2n) is 4.44. The topological polar surface area (TPSA) is 52.0 Å². The molecule has 0 fully saturated rings. The third-order valence-electron chi connectivity index (χ3n) is 3.12. The van der Waals surface area contributed by atoms with Gasteiger partial charge >= 0.3 is 0 Å². The van der Waals surface area contributed by atoms with Crippen molar-refractivity contribution in [2.45, 2.75) is 11.8 Å². The highest BCUT2D eigenvalue weighted by atomic mass is 32.2. The molecule has 0 N–H and O–H groups in total. The highest BCUT2D eigenvalue weighted by Crippen LogP contribution is 2.21. The maximum atomic E-state index is 13.6. The lowest BCUT2D eigenvalue weighted by molar-refractivity contribution is 0.583. The molecule has 2 heterocycles. The number of pyridine rings is 1. The molecule has 0 atom stereocenters. The molecule has 0 bridgehead atoms. The van der Waals surface area contributed by atoms with Gasteiger partial charge in [-0.1, -0.05) is 6.07 Å². The number of halogens is 1. The molecule has 0 aliphatic carbocycles. The number of aryl methyl sites for hydroxylation is 1. The van der Waals surface area contributed by atoms with E-state index in [1.165, 1.54) is 24.5 Å². The van der Waals surface area contributed by atoms with Gasteiger partial charge in [-0.3, -0.25) is 0 Å². The number of hydrogen-bond donors (Lipinski definition) is 0. The van der Waals surface area contributed by atoms with E-state index in [1.54, 1.807) is 25.1 Å². The van der Waals surface area contributed by atoms with Gasteiger partial charge in [0.1, 0.15) is 5.82 Å². The Morgan fingerprint density at radius 2 is 2.00 bits per heavy atom. The van der Waals surface area contributed by atoms with Crippen molar-refractivity contribution in [2.24, 2.45) is 0 Å². The van der Waals surface area contributed by atoms with Crippen LogP contribution < -0.4 is 0 Å². The summed E-state index contributed by atoms with van der Waals surface area (Å²) in [6.07, 6.45) is 2.94. The Morgan fingerprint density at radius 3 is 2.75 bits per heavy atom. The van der Waals surface area contributed by atoms with E-state index in [1.807, 2.05) is 0 Å². The Labute approximate surface area is 115 Å². The van der Waals surface area contributed by atoms with Gasteiger partial charge in [-0.2, -0.15) is 0 Å². The van der Waals surface area contributed by atoms with Gasteiger partial charge in [0.2, 0.25) is 0 Å². The average molecular weight is 290 g/mol. The summed E-state index contributed by atoms with van der Waals surface area (Å²) in [5.41, 5.74) is 0.730. The summed E-state index contributed by atoms with van der Waals surface area (Å²) in [7, 11) is -3.85. The summed E-state index contributed by atoms with van der Waals surface area (Å²) in [5.74, 6) is -0.546. The molecule has 0 amide bonds. The standard InChI is InChI=1S/C14H11FN2O2S/c1-10-4-5-12(9-13(10)15)20(18,19)17-8-6-11-3-2-7-16-14(11)17/h2-9H,1H3. The lowest BCUT2D eigenvalue weighted by atomic mass is 10.2. The van der Waals surface area contributed by atoms with Gasteiger partial charge in [0, 0.05) is 17.8 Å². The van der Waals surface area contributed by atoms with Crippen LogP contribution in [0.4, 0.5) is 4.39 Å². The van der Waals surface area contributed by atoms with E-state index in [0.717, 1.165) is 10.0 Å². The van der Waals surface area contributed by atoms with Crippen LogP contribution in [0.5, 0.6) is 0 Å². The fourth-order valence-corrected chi connectivity index (χ4v) is 3.30. The molecule has 3 rings (SSSR count). The molecule has 1 aromatic carbocycles. The zero-order valence-corrected chi connectivity index (χ0v) is 11.4. The SMILES string of the molecule is Cc1ccc(S(=O)(=O)n2ccc3cccnc32)cc1F. The molecular weight excluding hydrogens is 279 g/mol. The number of rotatable bonds is 2. The molecule has 20 heavy (non-hydrogen) atoms. The molecule has 3 aromatic rings. The van der Waals surface area contributed by atoms with Gasteiger partial charge in [0.15, 0.2) is 5.65 Å². The second-order valence-corrected chi connectivity index (χ2v) is 6.26. The van der Waals surface area contributed by atoms with Crippen LogP contribution in [0, 0.1) is 12.7 Å². The van der Waals surface area contributed by atoms with Gasteiger partial charge in [-0.25, -0.2) is 21.8 Å². The summed E-state index contributed by atoms with van der Waals surface area (Å²) in [6, 6.07) is 9.02. The highest BCUT2D eigenvalue weighted by molar-refractivity contribution is 7.90. The largest absolute Gasteiger partial charge is 0.269 e. The third-order valence-corrected chi connectivity index (χ3v) is 4.78. The zero-order chi connectivity index (χ0) is 14.3. The normalized spacial score (nSPS) is 11.9. The van der Waals surface area contributed by atoms with E-state index in [-0.39, 0.29) is 4.90 Å². The van der Waals surface area contributed by atoms with E-state index in [4.69, 9.17) is 0 Å². The van der Waals surface area contributed by atoms with Crippen molar-refractivity contribution in [1.29, 1.82) is 0 Å². The Hall–Kier alpha value is -2.21. The van der Waals surface area contributed by atoms with Crippen molar-refractivity contribution < 1.29 is 12.8 Å². The Bertz CT molecular complexity index is 900. The van der Waals surface area contributed by atoms with Crippen molar-refractivity contribution in [3.63, 3.8) is 0 Å². The van der Waals surface area contributed by atoms with E-state index in [0.29, 0.717) is 16.6 Å². The van der Waals surface area contributed by atoms with Crippen molar-refractivity contribution in [3.05, 3.63) is 60.2 Å². The van der Waals surface area contributed by atoms with E-state index < -0.39 is 15.8 Å². The second kappa shape index (κ2) is 4.42. The Balaban J connectivity index is 2.23. The molecule has 4 nitrogen and oxygen atoms in total. The molecule has 0 spiro atoms. The van der Waals surface area contributed by atoms with Crippen LogP contribution in [-0.4, -0.2) is 17.4 Å². The van der Waals surface area contributed by atoms with Crippen molar-refractivity contribution in [1.82, 2.24) is 8.96 Å². The Kier molecular flexibility index (Phi) is 2.83. The van der Waals surface area contributed by atoms with Gasteiger partial charge in [-0.05, 0) is 42.8 Å². The molecule has 0 radical (unpaired) electrons. The minimum atomic E-state index is -3.85. The predicted molar refractivity (Wildman–Crippen MR) is 73.5 cm³/mol. The van der Waals surface area contributed by atoms with Crippen molar-refractivity contribution in [2.75, 3.05) is 0 Å². The maximum Gasteiger partial charge on any atom is 0.269 e. The zero-order valence-electron chi connectivity index (χ0n) is 10.6. The van der Waals surface area contributed by atoms with E-state index >= 15 is 0 Å². The first-order valence-corrected chi connectivity index (χ1v) is 7.38. The highest BCUT2D eigenvalue weighted by Gasteiger charge is 2.20. The lowest BCUT2D eigenvalue weighted by Gasteiger charge is -2.07. The van der Waals surface area contributed by atoms with E-state index in [2.05, 4.69) is 4.98 Å². The number of nitrogens with zero attached hydrogens (tertiary/aromatic N) is 2. The number of fused-ring (bicyclic) bond motifs is 1. The van der Waals surface area contributed by atoms with Gasteiger partial charge < -0.3 is 0 Å². The monoisotopic (exact) mass is 290 g/mol. The quantitative estimate of drug-likeness (QED) is 0.729. The first-order valence-electron chi connectivity index (χ1n) is 5.94. The smallest absolute Gasteiger partial charge is 0.237 e. The summed E-state index contributed by atoms with van der Waals surface area (Å²) in [5, 5.41) is 0.712. The fraction of sp³-hybridized carbons (Fsp3) is 0.0714. The third kappa shape index (κ3) is 1.89. The summed E-state index contributed by atoms with van der Waals surface area (Å²) >= 11 is 0. The molecule has 0 unspecified atom stereocenters. The van der Waals surface area contributed by atoms with Crippen LogP contribution in [-0.2, 0) is 10.0 Å². The van der Waals surface area contributed by atoms with Crippen LogP contribution in [0.1, 0.15) is 5.56 Å². The maximum absolute atomic E-state index is 13.6. The van der Waals surface area contributed by atoms with Crippen LogP contribution in [0.15, 0.2) is 53.7 Å². The van der Waals surface area contributed by atoms with Crippen LogP contribution >= 0.6 is 0 Å². The van der Waals surface area contributed by atoms with Crippen molar-refractivity contribution in [3.8, 4) is 0 Å². The molecule has 2 aromatic heterocycles. The summed E-state index contributed by atoms with van der Waals surface area (Å²) in [4.78, 5) is 3.97. The van der Waals surface area contributed by atoms with Crippen LogP contribution in [0.25, 0.3) is 11.0 Å². The molecule has 0 saturated carbocycles. The first-order chi connectivity index (χ1) is 9.50. The fourth-order valence-electron chi connectivity index (χ4n) is 1.98. The molecular formula is C14H11FN2O2S. The predicted octanol–water partition coefficient (Wildman–Crippen LogP) is 2.72. The number of aromatic nitrogens is 2. The molecule has 0 aliphatic heterocycles. The molecule has 6 heteroatoms. The Morgan fingerprint density at radius 1 is 1.20 bits per heavy atom. The molecule has 0 aliphatic rings. The molecule has 102 valence electrons. The minimum Gasteiger partial charge on any atom is -0.237 e. The summed E-state index contributed by atoms with van der Waals surface area (Å²) in [6.45, 7) is 1.58. The van der Waals surface area contributed by atoms with E-state index in [9.17, 15) is 12.8 Å². The number of hydrogen-bond acceptors (Lipinski definition) is 3. The van der Waals surface area contributed by atoms with Crippen LogP contribution in [0.3, 0.4) is 0 Å². The average Bonchev–Trinajstić information content (AvgIpc) is 2.86. The number of benzene rings is 1. The minimum absolute atomic E-state index is 0.0937. The van der Waals surface area contributed by atoms with Gasteiger partial charge in [0.25, 0.3) is 10.0 Å². The summed E-state index contributed by atoms with van der Waals surface area (Å²) < 4.78 is 39.7.